The van der Waals surface area contributed by atoms with Gasteiger partial charge in [-0.05, 0) is 32.4 Å². The van der Waals surface area contributed by atoms with Crippen molar-refractivity contribution in [3.63, 3.8) is 0 Å². The molecule has 0 amide bonds. The number of aromatic amines is 1. The minimum atomic E-state index is 0.563. The molecule has 1 aliphatic rings. The average molecular weight is 258 g/mol. The van der Waals surface area contributed by atoms with Gasteiger partial charge in [0.1, 0.15) is 11.5 Å². The van der Waals surface area contributed by atoms with Gasteiger partial charge in [-0.1, -0.05) is 19.3 Å². The van der Waals surface area contributed by atoms with Gasteiger partial charge in [0.05, 0.1) is 5.69 Å². The summed E-state index contributed by atoms with van der Waals surface area (Å²) in [4.78, 5) is 12.9. The molecule has 2 aromatic heterocycles. The highest BCUT2D eigenvalue weighted by atomic mass is 15.0. The molecule has 0 unspecified atom stereocenters. The molecule has 2 aromatic rings. The van der Waals surface area contributed by atoms with Gasteiger partial charge in [0, 0.05) is 24.0 Å². The zero-order valence-corrected chi connectivity index (χ0v) is 11.8. The van der Waals surface area contributed by atoms with Crippen LogP contribution in [-0.4, -0.2) is 22.0 Å². The maximum atomic E-state index is 4.78. The number of nitrogens with zero attached hydrogens (tertiary/aromatic N) is 2. The van der Waals surface area contributed by atoms with Crippen LogP contribution in [0.4, 0.5) is 0 Å². The lowest BCUT2D eigenvalue weighted by Crippen LogP contribution is -2.10. The van der Waals surface area contributed by atoms with Crippen molar-refractivity contribution < 1.29 is 0 Å². The Morgan fingerprint density at radius 1 is 1.26 bits per heavy atom. The maximum absolute atomic E-state index is 4.78. The number of rotatable bonds is 3. The number of H-pyrrole nitrogens is 1. The number of aromatic nitrogens is 3. The number of hydrogen-bond acceptors (Lipinski definition) is 3. The summed E-state index contributed by atoms with van der Waals surface area (Å²) in [6, 6.07) is 0. The summed E-state index contributed by atoms with van der Waals surface area (Å²) in [5.74, 6) is 1.61. The summed E-state index contributed by atoms with van der Waals surface area (Å²) in [7, 11) is 1.96. The van der Waals surface area contributed by atoms with Crippen LogP contribution >= 0.6 is 0 Å². The van der Waals surface area contributed by atoms with Crippen molar-refractivity contribution in [3.8, 4) is 0 Å². The van der Waals surface area contributed by atoms with Crippen LogP contribution in [0.3, 0.4) is 0 Å². The van der Waals surface area contributed by atoms with Crippen LogP contribution in [0, 0.1) is 6.92 Å². The molecule has 0 spiro atoms. The third kappa shape index (κ3) is 2.37. The van der Waals surface area contributed by atoms with Gasteiger partial charge in [0.2, 0.25) is 0 Å². The topological polar surface area (TPSA) is 53.6 Å². The van der Waals surface area contributed by atoms with Crippen molar-refractivity contribution in [3.05, 3.63) is 23.3 Å². The van der Waals surface area contributed by atoms with Gasteiger partial charge in [-0.2, -0.15) is 0 Å². The van der Waals surface area contributed by atoms with Crippen LogP contribution in [0.2, 0.25) is 0 Å². The van der Waals surface area contributed by atoms with Crippen LogP contribution in [0.1, 0.15) is 55.1 Å². The van der Waals surface area contributed by atoms with E-state index in [2.05, 4.69) is 17.2 Å². The molecule has 19 heavy (non-hydrogen) atoms. The molecule has 0 aromatic carbocycles. The number of fused-ring (bicyclic) bond motifs is 1. The Bertz CT molecular complexity index is 567. The number of aryl methyl sites for hydroxylation is 1. The highest BCUT2D eigenvalue weighted by Crippen LogP contribution is 2.32. The molecule has 0 aliphatic heterocycles. The van der Waals surface area contributed by atoms with Crippen molar-refractivity contribution >= 4 is 11.0 Å². The fraction of sp³-hybridized carbons (Fsp3) is 0.600. The molecule has 2 heterocycles. The average Bonchev–Trinajstić information content (AvgIpc) is 2.84. The summed E-state index contributed by atoms with van der Waals surface area (Å²) >= 11 is 0. The Labute approximate surface area is 114 Å². The molecule has 2 N–H and O–H groups in total. The van der Waals surface area contributed by atoms with E-state index in [1.807, 2.05) is 13.2 Å². The molecule has 1 fully saturated rings. The van der Waals surface area contributed by atoms with E-state index in [-0.39, 0.29) is 0 Å². The Kier molecular flexibility index (Phi) is 3.51. The lowest BCUT2D eigenvalue weighted by Gasteiger charge is -2.20. The SMILES string of the molecule is CNCc1c[nH]c2nc(C3CCCCC3)nc(C)c12. The Morgan fingerprint density at radius 3 is 2.79 bits per heavy atom. The Hall–Kier alpha value is -1.42. The minimum Gasteiger partial charge on any atom is -0.346 e. The fourth-order valence-corrected chi connectivity index (χ4v) is 3.18. The second-order valence-corrected chi connectivity index (χ2v) is 5.57. The Morgan fingerprint density at radius 2 is 2.05 bits per heavy atom. The van der Waals surface area contributed by atoms with Crippen molar-refractivity contribution in [1.29, 1.82) is 0 Å². The molecule has 1 aliphatic carbocycles. The zero-order chi connectivity index (χ0) is 13.2. The van der Waals surface area contributed by atoms with E-state index in [0.29, 0.717) is 5.92 Å². The third-order valence-electron chi connectivity index (χ3n) is 4.15. The number of nitrogens with one attached hydrogen (secondary N) is 2. The summed E-state index contributed by atoms with van der Waals surface area (Å²) in [5, 5.41) is 4.38. The van der Waals surface area contributed by atoms with Gasteiger partial charge >= 0.3 is 0 Å². The first kappa shape index (κ1) is 12.6. The fourth-order valence-electron chi connectivity index (χ4n) is 3.18. The molecule has 102 valence electrons. The van der Waals surface area contributed by atoms with E-state index < -0.39 is 0 Å². The van der Waals surface area contributed by atoms with E-state index in [4.69, 9.17) is 9.97 Å². The van der Waals surface area contributed by atoms with E-state index in [1.54, 1.807) is 0 Å². The third-order valence-corrected chi connectivity index (χ3v) is 4.15. The molecule has 4 nitrogen and oxygen atoms in total. The van der Waals surface area contributed by atoms with Crippen molar-refractivity contribution in [2.45, 2.75) is 51.5 Å². The second kappa shape index (κ2) is 5.29. The van der Waals surface area contributed by atoms with E-state index in [9.17, 15) is 0 Å². The maximum Gasteiger partial charge on any atom is 0.141 e. The van der Waals surface area contributed by atoms with Crippen molar-refractivity contribution in [1.82, 2.24) is 20.3 Å². The first-order valence-electron chi connectivity index (χ1n) is 7.28. The van der Waals surface area contributed by atoms with Crippen LogP contribution in [0.25, 0.3) is 11.0 Å². The van der Waals surface area contributed by atoms with Crippen LogP contribution < -0.4 is 5.32 Å². The van der Waals surface area contributed by atoms with Gasteiger partial charge in [-0.3, -0.25) is 0 Å². The second-order valence-electron chi connectivity index (χ2n) is 5.57. The zero-order valence-electron chi connectivity index (χ0n) is 11.8. The lowest BCUT2D eigenvalue weighted by atomic mass is 9.88. The van der Waals surface area contributed by atoms with Gasteiger partial charge in [0.25, 0.3) is 0 Å². The van der Waals surface area contributed by atoms with Crippen molar-refractivity contribution in [2.75, 3.05) is 7.05 Å². The monoisotopic (exact) mass is 258 g/mol. The Balaban J connectivity index is 2.00. The van der Waals surface area contributed by atoms with E-state index >= 15 is 0 Å². The standard InChI is InChI=1S/C15H22N4/c1-10-13-12(8-16-2)9-17-15(13)19-14(18-10)11-6-4-3-5-7-11/h9,11,16H,3-8H2,1-2H3,(H,17,18,19). The molecule has 0 bridgehead atoms. The first-order valence-corrected chi connectivity index (χ1v) is 7.28. The first-order chi connectivity index (χ1) is 9.29. The minimum absolute atomic E-state index is 0.563. The lowest BCUT2D eigenvalue weighted by molar-refractivity contribution is 0.429. The summed E-state index contributed by atoms with van der Waals surface area (Å²) < 4.78 is 0. The quantitative estimate of drug-likeness (QED) is 0.889. The highest BCUT2D eigenvalue weighted by molar-refractivity contribution is 5.82. The number of hydrogen-bond donors (Lipinski definition) is 2. The smallest absolute Gasteiger partial charge is 0.141 e. The predicted molar refractivity (Wildman–Crippen MR) is 77.2 cm³/mol. The van der Waals surface area contributed by atoms with Crippen molar-refractivity contribution in [2.24, 2.45) is 0 Å². The molecule has 4 heteroatoms. The molecule has 3 rings (SSSR count). The van der Waals surface area contributed by atoms with Crippen LogP contribution in [0.15, 0.2) is 6.20 Å². The van der Waals surface area contributed by atoms with Crippen LogP contribution in [-0.2, 0) is 6.54 Å². The molecule has 0 atom stereocenters. The van der Waals surface area contributed by atoms with E-state index in [0.717, 1.165) is 23.7 Å². The largest absolute Gasteiger partial charge is 0.346 e. The normalized spacial score (nSPS) is 17.2. The molecular weight excluding hydrogens is 236 g/mol. The van der Waals surface area contributed by atoms with Gasteiger partial charge in [-0.15, -0.1) is 0 Å². The van der Waals surface area contributed by atoms with E-state index in [1.165, 1.54) is 43.1 Å². The van der Waals surface area contributed by atoms with Gasteiger partial charge in [-0.25, -0.2) is 9.97 Å². The molecule has 0 saturated heterocycles. The molecule has 1 saturated carbocycles. The molecular formula is C15H22N4. The van der Waals surface area contributed by atoms with Gasteiger partial charge in [0.15, 0.2) is 0 Å². The van der Waals surface area contributed by atoms with Gasteiger partial charge < -0.3 is 10.3 Å². The highest BCUT2D eigenvalue weighted by Gasteiger charge is 2.20. The molecule has 0 radical (unpaired) electrons. The summed E-state index contributed by atoms with van der Waals surface area (Å²) in [6.45, 7) is 2.95. The van der Waals surface area contributed by atoms with Crippen LogP contribution in [0.5, 0.6) is 0 Å². The summed E-state index contributed by atoms with van der Waals surface area (Å²) in [5.41, 5.74) is 3.36. The predicted octanol–water partition coefficient (Wildman–Crippen LogP) is 3.03. The summed E-state index contributed by atoms with van der Waals surface area (Å²) in [6.07, 6.45) is 8.55.